The van der Waals surface area contributed by atoms with Crippen LogP contribution in [-0.2, 0) is 9.47 Å². The first-order valence-corrected chi connectivity index (χ1v) is 11.7. The lowest BCUT2D eigenvalue weighted by molar-refractivity contribution is -0.0933. The molecule has 0 radical (unpaired) electrons. The van der Waals surface area contributed by atoms with Crippen molar-refractivity contribution in [1.82, 2.24) is 24.6 Å². The average Bonchev–Trinajstić information content (AvgIpc) is 3.65. The lowest BCUT2D eigenvalue weighted by Crippen LogP contribution is -2.41. The number of likely N-dealkylation sites (N-methyl/N-ethyl adjacent to an activating group) is 1. The summed E-state index contributed by atoms with van der Waals surface area (Å²) in [6, 6.07) is 7.36. The van der Waals surface area contributed by atoms with Gasteiger partial charge in [0.2, 0.25) is 0 Å². The summed E-state index contributed by atoms with van der Waals surface area (Å²) in [6.45, 7) is 2.08. The molecule has 1 aromatic carbocycles. The summed E-state index contributed by atoms with van der Waals surface area (Å²) in [7, 11) is 5.01. The number of amides is 1. The van der Waals surface area contributed by atoms with Crippen LogP contribution in [0.5, 0.6) is 11.5 Å². The molecule has 1 aliphatic carbocycles. The smallest absolute Gasteiger partial charge is 0.257 e. The molecule has 10 nitrogen and oxygen atoms in total. The van der Waals surface area contributed by atoms with Crippen LogP contribution in [0.15, 0.2) is 36.7 Å². The van der Waals surface area contributed by atoms with E-state index in [1.807, 2.05) is 24.3 Å². The molecule has 0 spiro atoms. The van der Waals surface area contributed by atoms with Crippen molar-refractivity contribution in [2.75, 3.05) is 47.6 Å². The van der Waals surface area contributed by atoms with Gasteiger partial charge in [0.05, 0.1) is 63.3 Å². The Kier molecular flexibility index (Phi) is 6.65. The van der Waals surface area contributed by atoms with Crippen LogP contribution in [0, 0.1) is 0 Å². The minimum absolute atomic E-state index is 0.0991. The van der Waals surface area contributed by atoms with E-state index in [0.717, 1.165) is 24.1 Å². The van der Waals surface area contributed by atoms with Gasteiger partial charge in [-0.1, -0.05) is 0 Å². The second kappa shape index (κ2) is 10.0. The predicted molar refractivity (Wildman–Crippen MR) is 127 cm³/mol. The molecule has 0 bridgehead atoms. The maximum Gasteiger partial charge on any atom is 0.257 e. The Morgan fingerprint density at radius 2 is 2.06 bits per heavy atom. The molecule has 1 saturated heterocycles. The molecule has 1 aliphatic heterocycles. The first kappa shape index (κ1) is 23.3. The summed E-state index contributed by atoms with van der Waals surface area (Å²) in [4.78, 5) is 24.3. The third kappa shape index (κ3) is 4.85. The fraction of sp³-hybridized carbons (Fsp3) is 0.440. The Bertz CT molecular complexity index is 1200. The highest BCUT2D eigenvalue weighted by Crippen LogP contribution is 2.42. The number of rotatable bonds is 8. The molecule has 2 fully saturated rings. The number of methoxy groups -OCH3 is 2. The van der Waals surface area contributed by atoms with E-state index in [4.69, 9.17) is 23.9 Å². The number of carbonyl (C=O) groups excluding carboxylic acids is 1. The zero-order valence-corrected chi connectivity index (χ0v) is 20.1. The molecular formula is C25H29N5O5. The van der Waals surface area contributed by atoms with Gasteiger partial charge in [-0.15, -0.1) is 0 Å². The maximum absolute atomic E-state index is 13.4. The van der Waals surface area contributed by atoms with Gasteiger partial charge in [0, 0.05) is 31.3 Å². The molecule has 1 saturated carbocycles. The Labute approximate surface area is 203 Å². The van der Waals surface area contributed by atoms with E-state index in [1.54, 1.807) is 43.2 Å². The second-order valence-electron chi connectivity index (χ2n) is 8.69. The fourth-order valence-electron chi connectivity index (χ4n) is 4.28. The SMILES string of the molecule is COc1ccc(OC)c(-c2ccnc(-n3ncc(C(=O)N(C)C[C@@H]4COCCO4)c3C3CC3)n2)c1. The Morgan fingerprint density at radius 1 is 1.20 bits per heavy atom. The lowest BCUT2D eigenvalue weighted by atomic mass is 10.1. The fourth-order valence-corrected chi connectivity index (χ4v) is 4.28. The van der Waals surface area contributed by atoms with Gasteiger partial charge in [-0.3, -0.25) is 4.79 Å². The van der Waals surface area contributed by atoms with E-state index < -0.39 is 0 Å². The third-order valence-corrected chi connectivity index (χ3v) is 6.22. The summed E-state index contributed by atoms with van der Waals surface area (Å²) in [5, 5.41) is 4.54. The monoisotopic (exact) mass is 479 g/mol. The molecule has 1 amide bonds. The van der Waals surface area contributed by atoms with Gasteiger partial charge in [0.25, 0.3) is 11.9 Å². The molecule has 35 heavy (non-hydrogen) atoms. The first-order valence-electron chi connectivity index (χ1n) is 11.7. The van der Waals surface area contributed by atoms with Gasteiger partial charge >= 0.3 is 0 Å². The highest BCUT2D eigenvalue weighted by molar-refractivity contribution is 5.95. The molecule has 184 valence electrons. The van der Waals surface area contributed by atoms with E-state index in [9.17, 15) is 4.79 Å². The van der Waals surface area contributed by atoms with Crippen LogP contribution in [0.2, 0.25) is 0 Å². The number of carbonyl (C=O) groups is 1. The van der Waals surface area contributed by atoms with Crippen molar-refractivity contribution in [2.24, 2.45) is 0 Å². The van der Waals surface area contributed by atoms with E-state index in [1.165, 1.54) is 0 Å². The molecule has 2 aromatic heterocycles. The molecule has 0 unspecified atom stereocenters. The Hall–Kier alpha value is -3.50. The minimum Gasteiger partial charge on any atom is -0.497 e. The molecule has 0 N–H and O–H groups in total. The van der Waals surface area contributed by atoms with Crippen LogP contribution in [0.1, 0.15) is 34.8 Å². The van der Waals surface area contributed by atoms with E-state index in [-0.39, 0.29) is 17.9 Å². The number of hydrogen-bond acceptors (Lipinski definition) is 8. The molecule has 3 aromatic rings. The number of aromatic nitrogens is 4. The summed E-state index contributed by atoms with van der Waals surface area (Å²) >= 11 is 0. The topological polar surface area (TPSA) is 101 Å². The molecule has 1 atom stereocenters. The van der Waals surface area contributed by atoms with Crippen LogP contribution >= 0.6 is 0 Å². The van der Waals surface area contributed by atoms with Crippen molar-refractivity contribution in [3.63, 3.8) is 0 Å². The van der Waals surface area contributed by atoms with Crippen molar-refractivity contribution in [3.8, 4) is 28.7 Å². The molecular weight excluding hydrogens is 450 g/mol. The summed E-state index contributed by atoms with van der Waals surface area (Å²) in [6.07, 6.45) is 5.17. The van der Waals surface area contributed by atoms with Crippen molar-refractivity contribution in [3.05, 3.63) is 47.9 Å². The van der Waals surface area contributed by atoms with Gasteiger partial charge in [0.1, 0.15) is 11.5 Å². The van der Waals surface area contributed by atoms with E-state index in [2.05, 4.69) is 10.1 Å². The number of nitrogens with zero attached hydrogens (tertiary/aromatic N) is 5. The number of ether oxygens (including phenoxy) is 4. The van der Waals surface area contributed by atoms with Gasteiger partial charge < -0.3 is 23.8 Å². The first-order chi connectivity index (χ1) is 17.1. The third-order valence-electron chi connectivity index (χ3n) is 6.22. The quantitative estimate of drug-likeness (QED) is 0.486. The van der Waals surface area contributed by atoms with Crippen LogP contribution in [0.3, 0.4) is 0 Å². The average molecular weight is 480 g/mol. The van der Waals surface area contributed by atoms with Crippen LogP contribution < -0.4 is 9.47 Å². The minimum atomic E-state index is -0.130. The number of hydrogen-bond donors (Lipinski definition) is 0. The van der Waals surface area contributed by atoms with Gasteiger partial charge in [0.15, 0.2) is 0 Å². The molecule has 5 rings (SSSR count). The summed E-state index contributed by atoms with van der Waals surface area (Å²) in [5.74, 6) is 1.92. The zero-order chi connectivity index (χ0) is 24.4. The number of benzene rings is 1. The largest absolute Gasteiger partial charge is 0.497 e. The highest BCUT2D eigenvalue weighted by Gasteiger charge is 2.35. The molecule has 2 aliphatic rings. The summed E-state index contributed by atoms with van der Waals surface area (Å²) < 4.78 is 23.8. The molecule has 10 heteroatoms. The van der Waals surface area contributed by atoms with Crippen molar-refractivity contribution < 1.29 is 23.7 Å². The predicted octanol–water partition coefficient (Wildman–Crippen LogP) is 2.71. The van der Waals surface area contributed by atoms with Crippen molar-refractivity contribution in [2.45, 2.75) is 24.9 Å². The maximum atomic E-state index is 13.4. The summed E-state index contributed by atoms with van der Waals surface area (Å²) in [5.41, 5.74) is 2.86. The van der Waals surface area contributed by atoms with Crippen LogP contribution in [-0.4, -0.2) is 84.3 Å². The van der Waals surface area contributed by atoms with Crippen LogP contribution in [0.25, 0.3) is 17.2 Å². The Morgan fingerprint density at radius 3 is 2.77 bits per heavy atom. The highest BCUT2D eigenvalue weighted by atomic mass is 16.6. The van der Waals surface area contributed by atoms with Crippen molar-refractivity contribution in [1.29, 1.82) is 0 Å². The van der Waals surface area contributed by atoms with E-state index >= 15 is 0 Å². The zero-order valence-electron chi connectivity index (χ0n) is 20.1. The van der Waals surface area contributed by atoms with E-state index in [0.29, 0.717) is 55.1 Å². The van der Waals surface area contributed by atoms with Crippen molar-refractivity contribution >= 4 is 5.91 Å². The van der Waals surface area contributed by atoms with Crippen LogP contribution in [0.4, 0.5) is 0 Å². The normalized spacial score (nSPS) is 17.7. The second-order valence-corrected chi connectivity index (χ2v) is 8.69. The Balaban J connectivity index is 1.46. The molecule has 3 heterocycles. The van der Waals surface area contributed by atoms with Gasteiger partial charge in [-0.2, -0.15) is 5.10 Å². The van der Waals surface area contributed by atoms with Gasteiger partial charge in [-0.05, 0) is 37.1 Å². The lowest BCUT2D eigenvalue weighted by Gasteiger charge is -2.27. The van der Waals surface area contributed by atoms with Gasteiger partial charge in [-0.25, -0.2) is 14.6 Å². The standard InChI is InChI=1S/C25H29N5O5/c1-29(14-18-15-34-10-11-35-18)24(31)20-13-27-30(23(20)16-4-5-16)25-26-9-8-21(28-25)19-12-17(32-2)6-7-22(19)33-3/h6-9,12-13,16,18H,4-5,10-11,14-15H2,1-3H3/t18-/m1/s1.